The molecule has 1 amide bonds. The number of aliphatic hydroxyl groups is 2. The molecule has 6 N–H and O–H groups in total. The molecule has 4 heterocycles. The molecule has 7 rings (SSSR count). The molecule has 69 heavy (non-hydrogen) atoms. The van der Waals surface area contributed by atoms with Crippen molar-refractivity contribution in [3.05, 3.63) is 82.7 Å². The first-order chi connectivity index (χ1) is 32.6. The SMILES string of the molecule is COc1ccccc1CN1CC(C)N(/N=C/c2c3c(O)c4c(O)c(C)c5c(c4c2O)C(=O)[C@@](C)(O/C=C/[C@H](OC)[C@@H](C)[C@@H](OC(C)=O)[C@H](C)[C@H](O)[C@H](C)[C@@H](O)[C@H](C)/C=C/C=C(/C)C(=O)N3)O5)C(C)C1. The standard InChI is InChI=1S/C52H68N4O13/c1-26-16-15-17-27(2)51(64)54-42-36(22-53-56-28(3)23-55(24-29(56)4)25-35-18-13-14-19-38(35)66-12)46(61)39-40(47(42)62)45(60)33(8)49-41(39)50(63)52(10,69-49)67-21-20-37(65-11)30(5)48(68-34(9)57)32(7)44(59)31(6)43(26)58/h13-22,26,28-32,37,43-44,48,58-62H,23-25H2,1-12H3,(H,54,64)/b16-15+,21-20+,27-17-,53-22+/t26-,28?,29?,30-,31-,32-,37+,43+,44-,48-,52+/m1/s1. The molecule has 0 aliphatic carbocycles. The normalized spacial score (nSPS) is 31.2. The van der Waals surface area contributed by atoms with Gasteiger partial charge in [0.1, 0.15) is 29.1 Å². The van der Waals surface area contributed by atoms with Crippen molar-refractivity contribution in [2.24, 2.45) is 28.8 Å². The number of anilines is 1. The van der Waals surface area contributed by atoms with E-state index in [-0.39, 0.29) is 56.6 Å². The third-order valence-corrected chi connectivity index (χ3v) is 13.9. The number of amides is 1. The maximum Gasteiger partial charge on any atom is 0.312 e. The van der Waals surface area contributed by atoms with E-state index in [0.29, 0.717) is 19.6 Å². The summed E-state index contributed by atoms with van der Waals surface area (Å²) in [6.07, 6.45) is 4.83. The fraction of sp³-hybridized carbons (Fsp3) is 0.500. The Kier molecular flexibility index (Phi) is 16.1. The Hall–Kier alpha value is -6.14. The maximum absolute atomic E-state index is 14.7. The van der Waals surface area contributed by atoms with Crippen molar-refractivity contribution in [2.45, 2.75) is 118 Å². The lowest BCUT2D eigenvalue weighted by Crippen LogP contribution is -2.54. The molecule has 0 spiro atoms. The second kappa shape index (κ2) is 21.2. The van der Waals surface area contributed by atoms with E-state index in [4.69, 9.17) is 28.8 Å². The molecule has 5 bridgehead atoms. The molecule has 0 radical (unpaired) electrons. The first-order valence-corrected chi connectivity index (χ1v) is 23.3. The topological polar surface area (TPSA) is 229 Å². The number of aliphatic hydroxyl groups excluding tert-OH is 2. The highest BCUT2D eigenvalue weighted by Gasteiger charge is 2.50. The van der Waals surface area contributed by atoms with Crippen LogP contribution in [0.4, 0.5) is 5.69 Å². The van der Waals surface area contributed by atoms with Crippen LogP contribution in [0.3, 0.4) is 0 Å². The molecule has 17 heteroatoms. The van der Waals surface area contributed by atoms with Crippen LogP contribution >= 0.6 is 0 Å². The molecule has 11 atom stereocenters. The van der Waals surface area contributed by atoms with Gasteiger partial charge in [-0.25, -0.2) is 0 Å². The van der Waals surface area contributed by atoms with Gasteiger partial charge in [-0.1, -0.05) is 64.1 Å². The van der Waals surface area contributed by atoms with E-state index in [1.54, 1.807) is 47.0 Å². The number of carbonyl (C=O) groups is 3. The number of allylic oxidation sites excluding steroid dienone is 2. The fourth-order valence-corrected chi connectivity index (χ4v) is 9.85. The number of aromatic hydroxyl groups is 3. The zero-order chi connectivity index (χ0) is 50.8. The first-order valence-electron chi connectivity index (χ1n) is 23.3. The second-order valence-corrected chi connectivity index (χ2v) is 18.9. The number of piperazine rings is 1. The number of ketones is 1. The largest absolute Gasteiger partial charge is 0.507 e. The Balaban J connectivity index is 1.48. The Morgan fingerprint density at radius 1 is 0.913 bits per heavy atom. The highest BCUT2D eigenvalue weighted by molar-refractivity contribution is 6.23. The monoisotopic (exact) mass is 956 g/mol. The number of hydrogen-bond donors (Lipinski definition) is 6. The third kappa shape index (κ3) is 10.4. The van der Waals surface area contributed by atoms with Crippen LogP contribution in [0.1, 0.15) is 89.4 Å². The van der Waals surface area contributed by atoms with Crippen LogP contribution in [0.5, 0.6) is 28.7 Å². The molecular formula is C52H68N4O13. The number of rotatable bonds is 7. The number of carbonyl (C=O) groups excluding carboxylic acids is 3. The minimum atomic E-state index is -2.08. The fourth-order valence-electron chi connectivity index (χ4n) is 9.85. The van der Waals surface area contributed by atoms with Gasteiger partial charge in [-0.2, -0.15) is 5.10 Å². The van der Waals surface area contributed by atoms with E-state index in [1.165, 1.54) is 59.4 Å². The average Bonchev–Trinajstić information content (AvgIpc) is 3.57. The van der Waals surface area contributed by atoms with Crippen molar-refractivity contribution >= 4 is 40.3 Å². The van der Waals surface area contributed by atoms with Gasteiger partial charge in [-0.3, -0.25) is 24.3 Å². The van der Waals surface area contributed by atoms with Gasteiger partial charge >= 0.3 is 11.8 Å². The minimum absolute atomic E-state index is 0.0432. The summed E-state index contributed by atoms with van der Waals surface area (Å²) in [7, 11) is 3.08. The zero-order valence-corrected chi connectivity index (χ0v) is 41.5. The number of Topliss-reactive ketones (excluding diaryl/α,β-unsaturated/α-hetero) is 1. The summed E-state index contributed by atoms with van der Waals surface area (Å²) in [5.74, 6) is -7.76. The van der Waals surface area contributed by atoms with E-state index < -0.39 is 88.8 Å². The maximum atomic E-state index is 14.7. The lowest BCUT2D eigenvalue weighted by Gasteiger charge is -2.43. The van der Waals surface area contributed by atoms with Gasteiger partial charge in [-0.05, 0) is 39.8 Å². The number of phenols is 3. The van der Waals surface area contributed by atoms with Crippen molar-refractivity contribution in [1.29, 1.82) is 0 Å². The van der Waals surface area contributed by atoms with E-state index in [1.807, 2.05) is 43.1 Å². The van der Waals surface area contributed by atoms with Crippen molar-refractivity contribution in [2.75, 3.05) is 32.6 Å². The Morgan fingerprint density at radius 2 is 1.58 bits per heavy atom. The van der Waals surface area contributed by atoms with Crippen LogP contribution < -0.4 is 14.8 Å². The van der Waals surface area contributed by atoms with Gasteiger partial charge in [-0.15, -0.1) is 0 Å². The molecule has 4 aliphatic rings. The molecule has 0 aromatic heterocycles. The number of methoxy groups -OCH3 is 2. The molecule has 17 nitrogen and oxygen atoms in total. The molecular weight excluding hydrogens is 889 g/mol. The zero-order valence-electron chi connectivity index (χ0n) is 41.5. The number of fused-ring (bicyclic) bond motifs is 14. The highest BCUT2D eigenvalue weighted by Crippen LogP contribution is 2.55. The van der Waals surface area contributed by atoms with Gasteiger partial charge in [0.05, 0.1) is 72.2 Å². The van der Waals surface area contributed by atoms with Gasteiger partial charge in [0, 0.05) is 86.3 Å². The van der Waals surface area contributed by atoms with Crippen molar-refractivity contribution < 1.29 is 63.6 Å². The van der Waals surface area contributed by atoms with E-state index >= 15 is 0 Å². The highest BCUT2D eigenvalue weighted by atomic mass is 16.7. The predicted molar refractivity (Wildman–Crippen MR) is 260 cm³/mol. The van der Waals surface area contributed by atoms with Crippen LogP contribution in [-0.4, -0.2) is 129 Å². The molecule has 374 valence electrons. The smallest absolute Gasteiger partial charge is 0.312 e. The van der Waals surface area contributed by atoms with Gasteiger partial charge in [0.2, 0.25) is 0 Å². The number of nitrogens with zero attached hydrogens (tertiary/aromatic N) is 3. The summed E-state index contributed by atoms with van der Waals surface area (Å²) in [4.78, 5) is 43.4. The summed E-state index contributed by atoms with van der Waals surface area (Å²) >= 11 is 0. The van der Waals surface area contributed by atoms with Crippen molar-refractivity contribution in [1.82, 2.24) is 9.91 Å². The molecule has 3 aromatic carbocycles. The average molecular weight is 957 g/mol. The van der Waals surface area contributed by atoms with Gasteiger partial charge in [0.25, 0.3) is 11.7 Å². The van der Waals surface area contributed by atoms with E-state index in [0.717, 1.165) is 11.3 Å². The number of hydrogen-bond acceptors (Lipinski definition) is 16. The number of hydrazone groups is 1. The quantitative estimate of drug-likeness (QED) is 0.0627. The number of esters is 1. The summed E-state index contributed by atoms with van der Waals surface area (Å²) in [5, 5.41) is 68.2. The van der Waals surface area contributed by atoms with Crippen LogP contribution in [0.25, 0.3) is 10.8 Å². The molecule has 2 unspecified atom stereocenters. The summed E-state index contributed by atoms with van der Waals surface area (Å²) in [5.41, 5.74) is 0.595. The summed E-state index contributed by atoms with van der Waals surface area (Å²) in [6.45, 7) is 18.4. The van der Waals surface area contributed by atoms with Crippen LogP contribution in [-0.2, 0) is 30.3 Å². The predicted octanol–water partition coefficient (Wildman–Crippen LogP) is 6.69. The van der Waals surface area contributed by atoms with E-state index in [2.05, 4.69) is 10.2 Å². The molecule has 1 saturated heterocycles. The van der Waals surface area contributed by atoms with E-state index in [9.17, 15) is 39.9 Å². The number of benzene rings is 3. The van der Waals surface area contributed by atoms with Crippen LogP contribution in [0, 0.1) is 30.6 Å². The van der Waals surface area contributed by atoms with Crippen LogP contribution in [0.2, 0.25) is 0 Å². The number of ether oxygens (including phenoxy) is 5. The Labute approximate surface area is 403 Å². The first kappa shape index (κ1) is 52.2. The molecule has 0 saturated carbocycles. The Morgan fingerprint density at radius 3 is 2.22 bits per heavy atom. The lowest BCUT2D eigenvalue weighted by molar-refractivity contribution is -0.160. The molecule has 1 fully saturated rings. The number of para-hydroxylation sites is 1. The summed E-state index contributed by atoms with van der Waals surface area (Å²) < 4.78 is 29.4. The van der Waals surface area contributed by atoms with Crippen molar-refractivity contribution in [3.63, 3.8) is 0 Å². The Bertz CT molecular complexity index is 2540. The molecule has 3 aromatic rings. The van der Waals surface area contributed by atoms with Crippen LogP contribution in [0.15, 0.2) is 65.5 Å². The number of nitrogens with one attached hydrogen (secondary N) is 1. The molecule has 4 aliphatic heterocycles. The second-order valence-electron chi connectivity index (χ2n) is 18.9. The van der Waals surface area contributed by atoms with Gasteiger partial charge < -0.3 is 54.5 Å². The van der Waals surface area contributed by atoms with Crippen molar-refractivity contribution in [3.8, 4) is 28.7 Å². The van der Waals surface area contributed by atoms with Gasteiger partial charge in [0.15, 0.2) is 5.75 Å². The minimum Gasteiger partial charge on any atom is -0.507 e. The third-order valence-electron chi connectivity index (χ3n) is 13.9. The number of phenolic OH excluding ortho intramolecular Hbond substituents is 3. The lowest BCUT2D eigenvalue weighted by atomic mass is 9.78. The summed E-state index contributed by atoms with van der Waals surface area (Å²) in [6, 6.07) is 7.52.